The third kappa shape index (κ3) is 1.61. The maximum Gasteiger partial charge on any atom is 0.308 e. The van der Waals surface area contributed by atoms with E-state index in [1.54, 1.807) is 24.3 Å². The standard InChI is InChI=1S/C6H5ClN3/c7-5-2-1-3-6(4-5)9-10-8/h1-4,9H/q+1. The highest BCUT2D eigenvalue weighted by Gasteiger charge is 1.95. The summed E-state index contributed by atoms with van der Waals surface area (Å²) in [5, 5.41) is 11.4. The quantitative estimate of drug-likeness (QED) is 0.499. The molecule has 1 aromatic carbocycles. The second-order valence-electron chi connectivity index (χ2n) is 1.72. The molecule has 0 aliphatic heterocycles. The van der Waals surface area contributed by atoms with Crippen molar-refractivity contribution >= 4 is 17.3 Å². The summed E-state index contributed by atoms with van der Waals surface area (Å²) in [5.41, 5.74) is 3.01. The second kappa shape index (κ2) is 3.04. The van der Waals surface area contributed by atoms with Gasteiger partial charge >= 0.3 is 5.08 Å². The SMILES string of the molecule is N#[N+]Nc1cccc(Cl)c1. The van der Waals surface area contributed by atoms with Gasteiger partial charge in [0.25, 0.3) is 5.39 Å². The molecule has 0 heterocycles. The second-order valence-corrected chi connectivity index (χ2v) is 2.16. The lowest BCUT2D eigenvalue weighted by molar-refractivity contribution is 1.39. The third-order valence-corrected chi connectivity index (χ3v) is 1.24. The molecule has 3 nitrogen and oxygen atoms in total. The van der Waals surface area contributed by atoms with Crippen molar-refractivity contribution in [3.05, 3.63) is 34.4 Å². The summed E-state index contributed by atoms with van der Waals surface area (Å²) < 4.78 is 0. The predicted molar refractivity (Wildman–Crippen MR) is 40.2 cm³/mol. The molecule has 50 valence electrons. The van der Waals surface area contributed by atoms with Gasteiger partial charge in [0.15, 0.2) is 0 Å². The Morgan fingerprint density at radius 1 is 1.50 bits per heavy atom. The summed E-state index contributed by atoms with van der Waals surface area (Å²) in [6.07, 6.45) is 0. The van der Waals surface area contributed by atoms with Gasteiger partial charge in [-0.25, -0.2) is 0 Å². The molecule has 1 rings (SSSR count). The van der Waals surface area contributed by atoms with E-state index in [1.807, 2.05) is 0 Å². The first-order valence-corrected chi connectivity index (χ1v) is 3.06. The van der Waals surface area contributed by atoms with Crippen LogP contribution in [0.25, 0.3) is 5.08 Å². The molecule has 10 heavy (non-hydrogen) atoms. The van der Waals surface area contributed by atoms with Crippen LogP contribution >= 0.6 is 11.6 Å². The maximum atomic E-state index is 8.08. The minimum atomic E-state index is 0.605. The molecular weight excluding hydrogens is 150 g/mol. The zero-order valence-electron chi connectivity index (χ0n) is 5.08. The van der Waals surface area contributed by atoms with Gasteiger partial charge < -0.3 is 0 Å². The van der Waals surface area contributed by atoms with Gasteiger partial charge in [0.1, 0.15) is 5.69 Å². The van der Waals surface area contributed by atoms with Crippen LogP contribution in [0.2, 0.25) is 5.02 Å². The Morgan fingerprint density at radius 2 is 2.30 bits per heavy atom. The van der Waals surface area contributed by atoms with Crippen LogP contribution in [-0.4, -0.2) is 0 Å². The van der Waals surface area contributed by atoms with Gasteiger partial charge in [-0.15, -0.1) is 0 Å². The Labute approximate surface area is 63.2 Å². The first-order valence-electron chi connectivity index (χ1n) is 2.68. The van der Waals surface area contributed by atoms with Crippen molar-refractivity contribution in [2.45, 2.75) is 0 Å². The van der Waals surface area contributed by atoms with Gasteiger partial charge in [-0.2, -0.15) is 0 Å². The molecule has 1 aromatic rings. The van der Waals surface area contributed by atoms with E-state index in [1.165, 1.54) is 0 Å². The van der Waals surface area contributed by atoms with Crippen LogP contribution in [-0.2, 0) is 0 Å². The molecule has 0 saturated carbocycles. The lowest BCUT2D eigenvalue weighted by Gasteiger charge is -1.88. The van der Waals surface area contributed by atoms with E-state index in [-0.39, 0.29) is 0 Å². The number of anilines is 1. The zero-order valence-corrected chi connectivity index (χ0v) is 5.84. The van der Waals surface area contributed by atoms with Crippen LogP contribution in [0.5, 0.6) is 0 Å². The number of diazo groups is 1. The Bertz CT molecular complexity index is 266. The molecule has 0 aliphatic rings. The summed E-state index contributed by atoms with van der Waals surface area (Å²) in [6, 6.07) is 6.90. The van der Waals surface area contributed by atoms with Crippen molar-refractivity contribution in [3.8, 4) is 0 Å². The topological polar surface area (TPSA) is 40.2 Å². The fourth-order valence-electron chi connectivity index (χ4n) is 0.616. The van der Waals surface area contributed by atoms with Crippen molar-refractivity contribution in [2.24, 2.45) is 0 Å². The zero-order chi connectivity index (χ0) is 7.40. The minimum Gasteiger partial charge on any atom is -0.0843 e. The number of nitrogens with one attached hydrogen (secondary N) is 1. The number of rotatable bonds is 1. The molecular formula is C6H5ClN3+. The summed E-state index contributed by atoms with van der Waals surface area (Å²) in [6.45, 7) is 0. The van der Waals surface area contributed by atoms with Crippen molar-refractivity contribution < 1.29 is 0 Å². The van der Waals surface area contributed by atoms with Crippen molar-refractivity contribution in [1.29, 1.82) is 5.39 Å². The van der Waals surface area contributed by atoms with E-state index in [9.17, 15) is 0 Å². The predicted octanol–water partition coefficient (Wildman–Crippen LogP) is 2.52. The molecule has 0 bridgehead atoms. The first-order chi connectivity index (χ1) is 4.83. The van der Waals surface area contributed by atoms with Crippen LogP contribution in [0.1, 0.15) is 0 Å². The number of hydrogen-bond acceptors (Lipinski definition) is 2. The Hall–Kier alpha value is -1.27. The molecule has 0 fully saturated rings. The summed E-state index contributed by atoms with van der Waals surface area (Å²) in [4.78, 5) is 0. The Balaban J connectivity index is 2.87. The van der Waals surface area contributed by atoms with Gasteiger partial charge in [-0.1, -0.05) is 17.7 Å². The number of nitrogens with zero attached hydrogens (tertiary/aromatic N) is 2. The van der Waals surface area contributed by atoms with E-state index in [4.69, 9.17) is 17.0 Å². The van der Waals surface area contributed by atoms with E-state index in [0.29, 0.717) is 10.7 Å². The fourth-order valence-corrected chi connectivity index (χ4v) is 0.806. The van der Waals surface area contributed by atoms with Crippen LogP contribution < -0.4 is 5.43 Å². The number of hydrogen-bond donors (Lipinski definition) is 1. The van der Waals surface area contributed by atoms with Gasteiger partial charge in [-0.05, 0) is 23.6 Å². The third-order valence-electron chi connectivity index (χ3n) is 1.00. The van der Waals surface area contributed by atoms with Crippen molar-refractivity contribution in [3.63, 3.8) is 0 Å². The Morgan fingerprint density at radius 3 is 2.90 bits per heavy atom. The molecule has 0 spiro atoms. The van der Waals surface area contributed by atoms with E-state index >= 15 is 0 Å². The van der Waals surface area contributed by atoms with Crippen LogP contribution in [0.4, 0.5) is 5.69 Å². The average Bonchev–Trinajstić information content (AvgIpc) is 1.88. The monoisotopic (exact) mass is 154 g/mol. The normalized spacial score (nSPS) is 8.40. The molecule has 0 amide bonds. The fraction of sp³-hybridized carbons (Fsp3) is 0. The highest BCUT2D eigenvalue weighted by molar-refractivity contribution is 6.30. The van der Waals surface area contributed by atoms with E-state index in [0.717, 1.165) is 0 Å². The van der Waals surface area contributed by atoms with Gasteiger partial charge in [0.05, 0.1) is 0 Å². The number of benzene rings is 1. The molecule has 0 radical (unpaired) electrons. The van der Waals surface area contributed by atoms with Crippen LogP contribution in [0.3, 0.4) is 0 Å². The molecule has 1 N–H and O–H groups in total. The molecule has 0 aliphatic carbocycles. The van der Waals surface area contributed by atoms with E-state index in [2.05, 4.69) is 10.5 Å². The molecule has 0 atom stereocenters. The number of halogens is 1. The lowest BCUT2D eigenvalue weighted by atomic mass is 10.3. The van der Waals surface area contributed by atoms with Gasteiger partial charge in [-0.3, -0.25) is 0 Å². The van der Waals surface area contributed by atoms with Crippen LogP contribution in [0, 0.1) is 5.39 Å². The van der Waals surface area contributed by atoms with Crippen molar-refractivity contribution in [1.82, 2.24) is 0 Å². The van der Waals surface area contributed by atoms with E-state index < -0.39 is 0 Å². The highest BCUT2D eigenvalue weighted by atomic mass is 35.5. The molecule has 0 saturated heterocycles. The first kappa shape index (κ1) is 6.84. The van der Waals surface area contributed by atoms with Crippen molar-refractivity contribution in [2.75, 3.05) is 5.43 Å². The largest absolute Gasteiger partial charge is 0.308 e. The summed E-state index contributed by atoms with van der Waals surface area (Å²) >= 11 is 5.62. The van der Waals surface area contributed by atoms with Crippen LogP contribution in [0.15, 0.2) is 24.3 Å². The summed E-state index contributed by atoms with van der Waals surface area (Å²) in [5.74, 6) is 0. The Kier molecular flexibility index (Phi) is 2.08. The smallest absolute Gasteiger partial charge is 0.0843 e. The minimum absolute atomic E-state index is 0.605. The summed E-state index contributed by atoms with van der Waals surface area (Å²) in [7, 11) is 0. The maximum absolute atomic E-state index is 8.08. The van der Waals surface area contributed by atoms with Gasteiger partial charge in [0, 0.05) is 5.02 Å². The van der Waals surface area contributed by atoms with Gasteiger partial charge in [0.2, 0.25) is 0 Å². The molecule has 0 aromatic heterocycles. The molecule has 4 heteroatoms. The molecule has 0 unspecified atom stereocenters. The lowest BCUT2D eigenvalue weighted by Crippen LogP contribution is -1.81. The highest BCUT2D eigenvalue weighted by Crippen LogP contribution is 2.14. The average molecular weight is 155 g/mol.